The van der Waals surface area contributed by atoms with E-state index in [2.05, 4.69) is 4.98 Å². The lowest BCUT2D eigenvalue weighted by molar-refractivity contribution is -0.107. The smallest absolute Gasteiger partial charge is 0.126 e. The summed E-state index contributed by atoms with van der Waals surface area (Å²) in [6.45, 7) is 1.96. The Hall–Kier alpha value is -1.38. The molecule has 12 heavy (non-hydrogen) atoms. The van der Waals surface area contributed by atoms with Gasteiger partial charge in [0, 0.05) is 12.6 Å². The zero-order valence-electron chi connectivity index (χ0n) is 7.08. The molecule has 2 N–H and O–H groups in total. The first kappa shape index (κ1) is 8.71. The van der Waals surface area contributed by atoms with E-state index in [1.807, 2.05) is 13.0 Å². The molecule has 0 aliphatic rings. The van der Waals surface area contributed by atoms with Crippen LogP contribution < -0.4 is 5.73 Å². The van der Waals surface area contributed by atoms with Crippen molar-refractivity contribution in [3.8, 4) is 0 Å². The Morgan fingerprint density at radius 2 is 2.42 bits per heavy atom. The maximum absolute atomic E-state index is 10.1. The molecule has 1 aromatic heterocycles. The summed E-state index contributed by atoms with van der Waals surface area (Å²) in [5.74, 6) is 0.530. The molecule has 3 nitrogen and oxygen atoms in total. The minimum atomic E-state index is 0.509. The summed E-state index contributed by atoms with van der Waals surface area (Å²) in [6, 6.07) is 1.96. The number of hydrogen-bond donors (Lipinski definition) is 1. The summed E-state index contributed by atoms with van der Waals surface area (Å²) >= 11 is 0. The van der Waals surface area contributed by atoms with Crippen LogP contribution in [0.5, 0.6) is 0 Å². The number of nitrogens with two attached hydrogens (primary N) is 1. The maximum atomic E-state index is 10.1. The van der Waals surface area contributed by atoms with E-state index in [1.54, 1.807) is 6.20 Å². The van der Waals surface area contributed by atoms with Crippen molar-refractivity contribution in [3.63, 3.8) is 0 Å². The monoisotopic (exact) mass is 164 g/mol. The van der Waals surface area contributed by atoms with Gasteiger partial charge in [0.05, 0.1) is 0 Å². The maximum Gasteiger partial charge on any atom is 0.126 e. The molecule has 0 aliphatic carbocycles. The lowest BCUT2D eigenvalue weighted by Crippen LogP contribution is -1.98. The first-order chi connectivity index (χ1) is 5.74. The van der Waals surface area contributed by atoms with Gasteiger partial charge in [-0.15, -0.1) is 0 Å². The van der Waals surface area contributed by atoms with Crippen LogP contribution in [0.2, 0.25) is 0 Å². The second kappa shape index (κ2) is 3.85. The Labute approximate surface area is 71.6 Å². The largest absolute Gasteiger partial charge is 0.383 e. The van der Waals surface area contributed by atoms with Crippen molar-refractivity contribution in [1.29, 1.82) is 0 Å². The number of carbonyl (C=O) groups is 1. The first-order valence-corrected chi connectivity index (χ1v) is 3.88. The van der Waals surface area contributed by atoms with Crippen molar-refractivity contribution < 1.29 is 4.79 Å². The van der Waals surface area contributed by atoms with Gasteiger partial charge in [0.25, 0.3) is 0 Å². The highest BCUT2D eigenvalue weighted by Crippen LogP contribution is 2.11. The molecule has 0 unspecified atom stereocenters. The Morgan fingerprint density at radius 1 is 1.67 bits per heavy atom. The van der Waals surface area contributed by atoms with Crippen LogP contribution >= 0.6 is 0 Å². The van der Waals surface area contributed by atoms with Crippen LogP contribution in [0.25, 0.3) is 0 Å². The third-order valence-electron chi connectivity index (χ3n) is 1.67. The zero-order chi connectivity index (χ0) is 8.97. The van der Waals surface area contributed by atoms with Crippen molar-refractivity contribution in [2.75, 3.05) is 5.73 Å². The summed E-state index contributed by atoms with van der Waals surface area (Å²) in [7, 11) is 0. The second-order valence-electron chi connectivity index (χ2n) is 2.76. The SMILES string of the molecule is Cc1cnc(N)c(CCC=O)c1. The van der Waals surface area contributed by atoms with Crippen molar-refractivity contribution >= 4 is 12.1 Å². The number of aryl methyl sites for hydroxylation is 2. The minimum Gasteiger partial charge on any atom is -0.383 e. The van der Waals surface area contributed by atoms with E-state index >= 15 is 0 Å². The van der Waals surface area contributed by atoms with Gasteiger partial charge in [-0.2, -0.15) is 0 Å². The number of carbonyl (C=O) groups excluding carboxylic acids is 1. The molecule has 0 fully saturated rings. The van der Waals surface area contributed by atoms with E-state index in [9.17, 15) is 4.79 Å². The van der Waals surface area contributed by atoms with Gasteiger partial charge in [-0.05, 0) is 24.5 Å². The van der Waals surface area contributed by atoms with Gasteiger partial charge in [-0.3, -0.25) is 0 Å². The van der Waals surface area contributed by atoms with E-state index in [1.165, 1.54) is 0 Å². The molecule has 1 heterocycles. The third kappa shape index (κ3) is 2.05. The molecule has 1 rings (SSSR count). The fourth-order valence-corrected chi connectivity index (χ4v) is 1.05. The van der Waals surface area contributed by atoms with Crippen molar-refractivity contribution in [3.05, 3.63) is 23.4 Å². The van der Waals surface area contributed by atoms with Crippen molar-refractivity contribution in [1.82, 2.24) is 4.98 Å². The molecule has 1 aromatic rings. The molecule has 64 valence electrons. The molecule has 0 aliphatic heterocycles. The highest BCUT2D eigenvalue weighted by atomic mass is 16.1. The van der Waals surface area contributed by atoms with E-state index in [-0.39, 0.29) is 0 Å². The van der Waals surface area contributed by atoms with E-state index < -0.39 is 0 Å². The summed E-state index contributed by atoms with van der Waals surface area (Å²) in [4.78, 5) is 14.1. The highest BCUT2D eigenvalue weighted by molar-refractivity contribution is 5.51. The first-order valence-electron chi connectivity index (χ1n) is 3.88. The highest BCUT2D eigenvalue weighted by Gasteiger charge is 1.99. The lowest BCUT2D eigenvalue weighted by atomic mass is 10.1. The normalized spacial score (nSPS) is 9.75. The molecular weight excluding hydrogens is 152 g/mol. The van der Waals surface area contributed by atoms with Gasteiger partial charge in [0.1, 0.15) is 12.1 Å². The van der Waals surface area contributed by atoms with E-state index in [0.29, 0.717) is 18.7 Å². The molecule has 0 atom stereocenters. The van der Waals surface area contributed by atoms with Crippen LogP contribution in [-0.4, -0.2) is 11.3 Å². The van der Waals surface area contributed by atoms with Gasteiger partial charge in [-0.1, -0.05) is 6.07 Å². The molecule has 0 saturated carbocycles. The minimum absolute atomic E-state index is 0.509. The average molecular weight is 164 g/mol. The topological polar surface area (TPSA) is 56.0 Å². The number of nitrogens with zero attached hydrogens (tertiary/aromatic N) is 1. The van der Waals surface area contributed by atoms with Gasteiger partial charge in [-0.25, -0.2) is 4.98 Å². The Bertz CT molecular complexity index is 284. The number of hydrogen-bond acceptors (Lipinski definition) is 3. The fourth-order valence-electron chi connectivity index (χ4n) is 1.05. The fraction of sp³-hybridized carbons (Fsp3) is 0.333. The lowest BCUT2D eigenvalue weighted by Gasteiger charge is -2.02. The molecule has 0 bridgehead atoms. The summed E-state index contributed by atoms with van der Waals surface area (Å²) in [6.07, 6.45) is 3.81. The summed E-state index contributed by atoms with van der Waals surface area (Å²) in [5, 5.41) is 0. The Balaban J connectivity index is 2.82. The third-order valence-corrected chi connectivity index (χ3v) is 1.67. The Kier molecular flexibility index (Phi) is 2.80. The standard InChI is InChI=1S/C9H12N2O/c1-7-5-8(3-2-4-12)9(10)11-6-7/h4-6H,2-3H2,1H3,(H2,10,11). The number of aromatic nitrogens is 1. The van der Waals surface area contributed by atoms with Crippen LogP contribution in [0.1, 0.15) is 17.5 Å². The quantitative estimate of drug-likeness (QED) is 0.681. The molecule has 0 amide bonds. The van der Waals surface area contributed by atoms with Gasteiger partial charge >= 0.3 is 0 Å². The number of rotatable bonds is 3. The van der Waals surface area contributed by atoms with E-state index in [4.69, 9.17) is 5.73 Å². The predicted octanol–water partition coefficient (Wildman–Crippen LogP) is 1.10. The number of nitrogen functional groups attached to an aromatic ring is 1. The molecule has 0 spiro atoms. The van der Waals surface area contributed by atoms with Gasteiger partial charge in [0.2, 0.25) is 0 Å². The van der Waals surface area contributed by atoms with Crippen LogP contribution in [0, 0.1) is 6.92 Å². The molecular formula is C9H12N2O. The Morgan fingerprint density at radius 3 is 3.08 bits per heavy atom. The number of aldehydes is 1. The molecule has 0 aromatic carbocycles. The van der Waals surface area contributed by atoms with Crippen LogP contribution in [-0.2, 0) is 11.2 Å². The van der Waals surface area contributed by atoms with Crippen molar-refractivity contribution in [2.24, 2.45) is 0 Å². The van der Waals surface area contributed by atoms with Crippen LogP contribution in [0.3, 0.4) is 0 Å². The van der Waals surface area contributed by atoms with Crippen LogP contribution in [0.15, 0.2) is 12.3 Å². The van der Waals surface area contributed by atoms with Gasteiger partial charge in [0.15, 0.2) is 0 Å². The summed E-state index contributed by atoms with van der Waals surface area (Å²) in [5.41, 5.74) is 7.64. The van der Waals surface area contributed by atoms with E-state index in [0.717, 1.165) is 17.4 Å². The molecule has 3 heteroatoms. The van der Waals surface area contributed by atoms with Crippen LogP contribution in [0.4, 0.5) is 5.82 Å². The molecule has 0 radical (unpaired) electrons. The molecule has 0 saturated heterocycles. The zero-order valence-corrected chi connectivity index (χ0v) is 7.08. The average Bonchev–Trinajstić information content (AvgIpc) is 2.07. The second-order valence-corrected chi connectivity index (χ2v) is 2.76. The van der Waals surface area contributed by atoms with Gasteiger partial charge < -0.3 is 10.5 Å². The number of pyridine rings is 1. The number of anilines is 1. The summed E-state index contributed by atoms with van der Waals surface area (Å²) < 4.78 is 0. The predicted molar refractivity (Wildman–Crippen MR) is 47.8 cm³/mol. The van der Waals surface area contributed by atoms with Crippen molar-refractivity contribution in [2.45, 2.75) is 19.8 Å².